The molecule has 5 rings (SSSR count). The number of hydrogen-bond donors (Lipinski definition) is 2. The van der Waals surface area contributed by atoms with E-state index in [-0.39, 0.29) is 36.5 Å². The molecule has 0 spiro atoms. The maximum absolute atomic E-state index is 13.1. The van der Waals surface area contributed by atoms with Crippen molar-refractivity contribution in [3.05, 3.63) is 83.9 Å². The summed E-state index contributed by atoms with van der Waals surface area (Å²) in [6.45, 7) is 1.26. The van der Waals surface area contributed by atoms with Gasteiger partial charge in [-0.15, -0.1) is 0 Å². The van der Waals surface area contributed by atoms with E-state index in [4.69, 9.17) is 9.47 Å². The van der Waals surface area contributed by atoms with Crippen molar-refractivity contribution in [3.63, 3.8) is 0 Å². The molecule has 3 aromatic rings. The molecule has 0 saturated carbocycles. The highest BCUT2D eigenvalue weighted by atomic mass is 16.5. The van der Waals surface area contributed by atoms with E-state index in [1.54, 1.807) is 38.5 Å². The number of hydrogen-bond acceptors (Lipinski definition) is 6. The van der Waals surface area contributed by atoms with Gasteiger partial charge in [-0.25, -0.2) is 9.80 Å². The average Bonchev–Trinajstić information content (AvgIpc) is 3.45. The van der Waals surface area contributed by atoms with E-state index < -0.39 is 12.1 Å². The van der Waals surface area contributed by atoms with E-state index in [9.17, 15) is 19.2 Å². The Labute approximate surface area is 244 Å². The highest BCUT2D eigenvalue weighted by molar-refractivity contribution is 6.23. The Balaban J connectivity index is 1.17. The number of benzene rings is 3. The Kier molecular flexibility index (Phi) is 8.94. The molecule has 0 unspecified atom stereocenters. The van der Waals surface area contributed by atoms with Crippen molar-refractivity contribution >= 4 is 35.0 Å². The number of ether oxygens (including phenoxy) is 2. The van der Waals surface area contributed by atoms with Crippen LogP contribution in [0.4, 0.5) is 11.4 Å². The minimum Gasteiger partial charge on any atom is -0.496 e. The van der Waals surface area contributed by atoms with Crippen molar-refractivity contribution in [3.8, 4) is 11.5 Å². The van der Waals surface area contributed by atoms with E-state index in [1.165, 1.54) is 9.80 Å². The van der Waals surface area contributed by atoms with Crippen molar-refractivity contribution in [1.29, 1.82) is 0 Å². The minimum atomic E-state index is -0.499. The Hall–Kier alpha value is -4.54. The van der Waals surface area contributed by atoms with Gasteiger partial charge in [-0.05, 0) is 47.5 Å². The molecule has 2 atom stereocenters. The number of para-hydroxylation sites is 2. The fourth-order valence-electron chi connectivity index (χ4n) is 5.67. The fourth-order valence-corrected chi connectivity index (χ4v) is 5.67. The summed E-state index contributed by atoms with van der Waals surface area (Å²) >= 11 is 0. The third-order valence-corrected chi connectivity index (χ3v) is 7.84. The van der Waals surface area contributed by atoms with Gasteiger partial charge < -0.3 is 20.1 Å². The quantitative estimate of drug-likeness (QED) is 0.306. The highest BCUT2D eigenvalue weighted by Gasteiger charge is 2.44. The number of nitrogens with two attached hydrogens (primary N) is 2. The van der Waals surface area contributed by atoms with Gasteiger partial charge in [-0.1, -0.05) is 36.4 Å². The van der Waals surface area contributed by atoms with Crippen LogP contribution in [0.15, 0.2) is 72.8 Å². The average molecular weight is 573 g/mol. The summed E-state index contributed by atoms with van der Waals surface area (Å²) in [6.07, 6.45) is 1.63. The molecule has 2 fully saturated rings. The van der Waals surface area contributed by atoms with Crippen LogP contribution in [-0.2, 0) is 32.0 Å². The zero-order valence-corrected chi connectivity index (χ0v) is 23.8. The van der Waals surface area contributed by atoms with Crippen LogP contribution in [-0.4, -0.2) is 63.0 Å². The Morgan fingerprint density at radius 3 is 1.38 bits per heavy atom. The SMILES string of the molecule is COc1ccccc1CC[NH2+][C@H]1CC(=O)N(c2ccc(N3C(=O)C[C@@H]([NH2+]CCc4ccccc4OC)C3=O)cc2)C1=O. The lowest BCUT2D eigenvalue weighted by Crippen LogP contribution is -2.92. The molecule has 4 amide bonds. The Morgan fingerprint density at radius 1 is 0.619 bits per heavy atom. The lowest BCUT2D eigenvalue weighted by molar-refractivity contribution is -0.674. The van der Waals surface area contributed by atoms with E-state index in [1.807, 2.05) is 59.2 Å². The third-order valence-electron chi connectivity index (χ3n) is 7.84. The number of imide groups is 2. The van der Waals surface area contributed by atoms with Crippen LogP contribution in [0, 0.1) is 0 Å². The molecule has 2 aliphatic heterocycles. The predicted molar refractivity (Wildman–Crippen MR) is 155 cm³/mol. The second-order valence-electron chi connectivity index (χ2n) is 10.4. The van der Waals surface area contributed by atoms with Crippen LogP contribution in [0.5, 0.6) is 11.5 Å². The van der Waals surface area contributed by atoms with Crippen LogP contribution < -0.4 is 29.9 Å². The first-order valence-corrected chi connectivity index (χ1v) is 14.2. The molecule has 0 aromatic heterocycles. The molecule has 218 valence electrons. The first-order valence-electron chi connectivity index (χ1n) is 14.2. The van der Waals surface area contributed by atoms with Crippen LogP contribution in [0.2, 0.25) is 0 Å². The Morgan fingerprint density at radius 2 is 1.00 bits per heavy atom. The van der Waals surface area contributed by atoms with Crippen molar-refractivity contribution in [2.45, 2.75) is 37.8 Å². The molecule has 2 aliphatic rings. The van der Waals surface area contributed by atoms with Crippen LogP contribution >= 0.6 is 0 Å². The first-order chi connectivity index (χ1) is 20.4. The van der Waals surface area contributed by atoms with E-state index >= 15 is 0 Å². The molecule has 10 heteroatoms. The van der Waals surface area contributed by atoms with Crippen molar-refractivity contribution in [1.82, 2.24) is 0 Å². The molecular weight excluding hydrogens is 536 g/mol. The third kappa shape index (κ3) is 6.05. The normalized spacial score (nSPS) is 18.7. The summed E-state index contributed by atoms with van der Waals surface area (Å²) in [5.74, 6) is 0.507. The van der Waals surface area contributed by atoms with Gasteiger partial charge in [-0.3, -0.25) is 19.2 Å². The van der Waals surface area contributed by atoms with Gasteiger partial charge in [0.25, 0.3) is 11.8 Å². The second-order valence-corrected chi connectivity index (χ2v) is 10.4. The van der Waals surface area contributed by atoms with Gasteiger partial charge in [-0.2, -0.15) is 0 Å². The summed E-state index contributed by atoms with van der Waals surface area (Å²) in [5, 5.41) is 3.79. The van der Waals surface area contributed by atoms with E-state index in [0.717, 1.165) is 22.6 Å². The Bertz CT molecular complexity index is 1360. The fraction of sp³-hybridized carbons (Fsp3) is 0.312. The van der Waals surface area contributed by atoms with Crippen LogP contribution in [0.25, 0.3) is 0 Å². The number of carbonyl (C=O) groups excluding carboxylic acids is 4. The molecule has 42 heavy (non-hydrogen) atoms. The van der Waals surface area contributed by atoms with Gasteiger partial charge in [0.15, 0.2) is 12.1 Å². The standard InChI is InChI=1S/C32H34N4O6/c1-41-27-9-5-3-7-21(27)15-17-33-25-19-29(37)35(31(25)39)23-11-13-24(14-12-23)36-30(38)20-26(32(36)40)34-18-16-22-8-4-6-10-28(22)42-2/h3-14,25-26,33-34H,15-20H2,1-2H3/p+2/t25-,26+. The molecule has 10 nitrogen and oxygen atoms in total. The van der Waals surface area contributed by atoms with E-state index in [2.05, 4.69) is 0 Å². The summed E-state index contributed by atoms with van der Waals surface area (Å²) in [7, 11) is 3.25. The van der Waals surface area contributed by atoms with Gasteiger partial charge >= 0.3 is 0 Å². The van der Waals surface area contributed by atoms with Crippen molar-refractivity contribution in [2.75, 3.05) is 37.1 Å². The topological polar surface area (TPSA) is 126 Å². The van der Waals surface area contributed by atoms with Gasteiger partial charge in [0.05, 0.1) is 51.5 Å². The molecule has 0 bridgehead atoms. The zero-order valence-electron chi connectivity index (χ0n) is 23.8. The second kappa shape index (κ2) is 13.0. The van der Waals surface area contributed by atoms with Crippen LogP contribution in [0.1, 0.15) is 24.0 Å². The molecule has 0 aliphatic carbocycles. The van der Waals surface area contributed by atoms with Gasteiger partial charge in [0.1, 0.15) is 11.5 Å². The minimum absolute atomic E-state index is 0.113. The number of amides is 4. The van der Waals surface area contributed by atoms with Crippen LogP contribution in [0.3, 0.4) is 0 Å². The lowest BCUT2D eigenvalue weighted by atomic mass is 10.1. The maximum Gasteiger partial charge on any atom is 0.292 e. The van der Waals surface area contributed by atoms with E-state index in [0.29, 0.717) is 37.3 Å². The number of rotatable bonds is 12. The lowest BCUT2D eigenvalue weighted by Gasteiger charge is -2.18. The molecule has 3 aromatic carbocycles. The maximum atomic E-state index is 13.1. The molecular formula is C32H36N4O6+2. The first kappa shape index (κ1) is 29.0. The molecule has 2 saturated heterocycles. The number of methoxy groups -OCH3 is 2. The van der Waals surface area contributed by atoms with Gasteiger partial charge in [0, 0.05) is 12.8 Å². The summed E-state index contributed by atoms with van der Waals surface area (Å²) in [4.78, 5) is 54.2. The van der Waals surface area contributed by atoms with Gasteiger partial charge in [0.2, 0.25) is 11.8 Å². The monoisotopic (exact) mass is 572 g/mol. The number of nitrogens with zero attached hydrogens (tertiary/aromatic N) is 2. The van der Waals surface area contributed by atoms with Crippen molar-refractivity contribution < 1.29 is 39.3 Å². The summed E-state index contributed by atoms with van der Waals surface area (Å²) in [5.41, 5.74) is 2.94. The number of anilines is 2. The molecule has 0 radical (unpaired) electrons. The molecule has 2 heterocycles. The largest absolute Gasteiger partial charge is 0.496 e. The summed E-state index contributed by atoms with van der Waals surface area (Å²) < 4.78 is 10.8. The highest BCUT2D eigenvalue weighted by Crippen LogP contribution is 2.28. The number of carbonyl (C=O) groups is 4. The van der Waals surface area contributed by atoms with Crippen molar-refractivity contribution in [2.24, 2.45) is 0 Å². The zero-order chi connectivity index (χ0) is 29.6. The summed E-state index contributed by atoms with van der Waals surface area (Å²) in [6, 6.07) is 20.9. The number of quaternary nitrogens is 2. The smallest absolute Gasteiger partial charge is 0.292 e. The molecule has 4 N–H and O–H groups in total. The predicted octanol–water partition coefficient (Wildman–Crippen LogP) is 0.580.